The number of hydrogen-bond donors (Lipinski definition) is 3. The summed E-state index contributed by atoms with van der Waals surface area (Å²) in [5, 5.41) is 18.3. The van der Waals surface area contributed by atoms with E-state index in [1.807, 2.05) is 6.08 Å². The van der Waals surface area contributed by atoms with Gasteiger partial charge in [0.2, 0.25) is 0 Å². The Bertz CT molecular complexity index is 983. The van der Waals surface area contributed by atoms with Crippen LogP contribution in [0.3, 0.4) is 0 Å². The van der Waals surface area contributed by atoms with E-state index in [1.165, 1.54) is 109 Å². The Labute approximate surface area is 322 Å². The van der Waals surface area contributed by atoms with Gasteiger partial charge in [0.1, 0.15) is 12.7 Å². The lowest BCUT2D eigenvalue weighted by molar-refractivity contribution is -0.159. The SMILES string of the molecule is CCCCCCCC/C=C/CCCCCCCC(=O)O[C@H](COC(=O)/C=C/C=C/CCCCCCCCCCCCC)COP(=O)(O)OC[C@@H](O)CO. The van der Waals surface area contributed by atoms with Crippen LogP contribution in [0.15, 0.2) is 36.5 Å². The summed E-state index contributed by atoms with van der Waals surface area (Å²) in [6, 6.07) is 0. The molecule has 53 heavy (non-hydrogen) atoms. The van der Waals surface area contributed by atoms with Crippen molar-refractivity contribution in [1.29, 1.82) is 0 Å². The van der Waals surface area contributed by atoms with E-state index >= 15 is 0 Å². The monoisotopic (exact) mass is 773 g/mol. The number of allylic oxidation sites excluding steroid dienone is 5. The van der Waals surface area contributed by atoms with Gasteiger partial charge in [0.15, 0.2) is 6.10 Å². The second-order valence-corrected chi connectivity index (χ2v) is 15.5. The van der Waals surface area contributed by atoms with Crippen LogP contribution in [0.4, 0.5) is 0 Å². The molecule has 11 heteroatoms. The summed E-state index contributed by atoms with van der Waals surface area (Å²) < 4.78 is 32.5. The number of phosphoric ester groups is 1. The Morgan fingerprint density at radius 3 is 1.57 bits per heavy atom. The molecule has 0 bridgehead atoms. The van der Waals surface area contributed by atoms with Crippen molar-refractivity contribution < 1.29 is 47.8 Å². The fraction of sp³-hybridized carbons (Fsp3) is 0.810. The van der Waals surface area contributed by atoms with Crippen LogP contribution in [0.5, 0.6) is 0 Å². The largest absolute Gasteiger partial charge is 0.472 e. The molecule has 3 atom stereocenters. The van der Waals surface area contributed by atoms with Gasteiger partial charge in [0, 0.05) is 12.5 Å². The molecular weight excluding hydrogens is 695 g/mol. The number of carbonyl (C=O) groups is 2. The molecule has 10 nitrogen and oxygen atoms in total. The molecule has 0 heterocycles. The van der Waals surface area contributed by atoms with Gasteiger partial charge in [0.05, 0.1) is 19.8 Å². The van der Waals surface area contributed by atoms with Crippen molar-refractivity contribution in [2.45, 2.75) is 193 Å². The van der Waals surface area contributed by atoms with Crippen LogP contribution in [-0.4, -0.2) is 65.7 Å². The maximum absolute atomic E-state index is 12.6. The molecule has 0 radical (unpaired) electrons. The molecule has 0 aromatic carbocycles. The zero-order valence-corrected chi connectivity index (χ0v) is 34.4. The topological polar surface area (TPSA) is 149 Å². The standard InChI is InChI=1S/C42H77O10P/c1-3-5-7-9-11-13-15-17-19-21-23-25-27-29-31-33-41(45)49-37-40(38-51-53(47,48)50-36-39(44)35-43)52-42(46)34-32-30-28-26-24-22-20-18-16-14-12-10-8-6-4-2/h18,20,27,29,31,33,39-40,43-44H,3-17,19,21-26,28,30,32,34-38H2,1-2H3,(H,47,48)/b20-18+,29-27+,33-31+/t39-,40+/m0/s1. The Balaban J connectivity index is 4.43. The number of rotatable bonds is 39. The Morgan fingerprint density at radius 2 is 1.06 bits per heavy atom. The summed E-state index contributed by atoms with van der Waals surface area (Å²) in [5.41, 5.74) is 0. The van der Waals surface area contributed by atoms with Gasteiger partial charge in [-0.1, -0.05) is 160 Å². The molecule has 0 aliphatic carbocycles. The van der Waals surface area contributed by atoms with Crippen LogP contribution >= 0.6 is 7.82 Å². The average molecular weight is 773 g/mol. The van der Waals surface area contributed by atoms with Crippen LogP contribution in [0.1, 0.15) is 181 Å². The molecule has 0 aromatic heterocycles. The van der Waals surface area contributed by atoms with Crippen LogP contribution in [-0.2, 0) is 32.7 Å². The average Bonchev–Trinajstić information content (AvgIpc) is 3.14. The number of hydrogen-bond acceptors (Lipinski definition) is 9. The highest BCUT2D eigenvalue weighted by atomic mass is 31.2. The minimum Gasteiger partial charge on any atom is -0.458 e. The predicted octanol–water partition coefficient (Wildman–Crippen LogP) is 10.8. The third-order valence-corrected chi connectivity index (χ3v) is 9.82. The first-order chi connectivity index (χ1) is 25.7. The van der Waals surface area contributed by atoms with E-state index in [2.05, 4.69) is 30.5 Å². The van der Waals surface area contributed by atoms with Crippen LogP contribution in [0, 0.1) is 0 Å². The van der Waals surface area contributed by atoms with Crippen molar-refractivity contribution in [2.75, 3.05) is 26.4 Å². The molecule has 0 aromatic rings. The number of carbonyl (C=O) groups excluding carboxylic acids is 2. The van der Waals surface area contributed by atoms with Crippen molar-refractivity contribution in [3.8, 4) is 0 Å². The zero-order chi connectivity index (χ0) is 39.1. The van der Waals surface area contributed by atoms with Crippen molar-refractivity contribution >= 4 is 19.8 Å². The van der Waals surface area contributed by atoms with Gasteiger partial charge >= 0.3 is 19.8 Å². The molecule has 310 valence electrons. The van der Waals surface area contributed by atoms with E-state index < -0.39 is 51.8 Å². The minimum atomic E-state index is -4.64. The van der Waals surface area contributed by atoms with Gasteiger partial charge in [-0.25, -0.2) is 9.36 Å². The quantitative estimate of drug-likeness (QED) is 0.0138. The molecule has 0 aliphatic heterocycles. The molecule has 3 N–H and O–H groups in total. The third-order valence-electron chi connectivity index (χ3n) is 8.87. The smallest absolute Gasteiger partial charge is 0.458 e. The highest BCUT2D eigenvalue weighted by Gasteiger charge is 2.27. The molecule has 1 unspecified atom stereocenters. The summed E-state index contributed by atoms with van der Waals surface area (Å²) in [6.45, 7) is 2.24. The second kappa shape index (κ2) is 38.5. The fourth-order valence-electron chi connectivity index (χ4n) is 5.61. The highest BCUT2D eigenvalue weighted by molar-refractivity contribution is 7.47. The molecule has 0 spiro atoms. The summed E-state index contributed by atoms with van der Waals surface area (Å²) in [6.07, 6.45) is 38.8. The Hall–Kier alpha value is -1.81. The fourth-order valence-corrected chi connectivity index (χ4v) is 6.40. The van der Waals surface area contributed by atoms with Gasteiger partial charge in [-0.3, -0.25) is 13.8 Å². The molecule has 0 saturated heterocycles. The number of phosphoric acid groups is 1. The first-order valence-electron chi connectivity index (χ1n) is 21.0. The summed E-state index contributed by atoms with van der Waals surface area (Å²) in [5.74, 6) is -1.19. The van der Waals surface area contributed by atoms with Crippen LogP contribution in [0.2, 0.25) is 0 Å². The molecule has 0 saturated carbocycles. The van der Waals surface area contributed by atoms with E-state index in [0.717, 1.165) is 51.4 Å². The number of ether oxygens (including phenoxy) is 2. The first-order valence-corrected chi connectivity index (χ1v) is 22.5. The number of aliphatic hydroxyl groups excluding tert-OH is 2. The van der Waals surface area contributed by atoms with Crippen molar-refractivity contribution in [1.82, 2.24) is 0 Å². The van der Waals surface area contributed by atoms with Crippen LogP contribution in [0.25, 0.3) is 0 Å². The molecule has 0 fully saturated rings. The lowest BCUT2D eigenvalue weighted by atomic mass is 10.1. The van der Waals surface area contributed by atoms with E-state index in [9.17, 15) is 24.2 Å². The molecule has 0 aliphatic rings. The summed E-state index contributed by atoms with van der Waals surface area (Å²) in [4.78, 5) is 34.8. The minimum absolute atomic E-state index is 0.155. The van der Waals surface area contributed by atoms with E-state index in [4.69, 9.17) is 19.1 Å². The van der Waals surface area contributed by atoms with Crippen molar-refractivity contribution in [3.63, 3.8) is 0 Å². The van der Waals surface area contributed by atoms with Gasteiger partial charge in [-0.05, 0) is 44.9 Å². The number of aliphatic hydroxyl groups is 2. The summed E-state index contributed by atoms with van der Waals surface area (Å²) in [7, 11) is -4.64. The zero-order valence-electron chi connectivity index (χ0n) is 33.5. The van der Waals surface area contributed by atoms with Gasteiger partial charge in [0.25, 0.3) is 0 Å². The molecule has 0 rings (SSSR count). The maximum Gasteiger partial charge on any atom is 0.472 e. The maximum atomic E-state index is 12.6. The Morgan fingerprint density at radius 1 is 0.604 bits per heavy atom. The number of unbranched alkanes of at least 4 members (excludes halogenated alkanes) is 22. The lowest BCUT2D eigenvalue weighted by Crippen LogP contribution is -2.29. The predicted molar refractivity (Wildman–Crippen MR) is 214 cm³/mol. The summed E-state index contributed by atoms with van der Waals surface area (Å²) >= 11 is 0. The van der Waals surface area contributed by atoms with Crippen LogP contribution < -0.4 is 0 Å². The van der Waals surface area contributed by atoms with Gasteiger partial charge in [-0.2, -0.15) is 0 Å². The lowest BCUT2D eigenvalue weighted by Gasteiger charge is -2.20. The van der Waals surface area contributed by atoms with E-state index in [0.29, 0.717) is 6.42 Å². The highest BCUT2D eigenvalue weighted by Crippen LogP contribution is 2.43. The normalized spacial score (nSPS) is 14.3. The third kappa shape index (κ3) is 38.3. The second-order valence-electron chi connectivity index (χ2n) is 14.1. The van der Waals surface area contributed by atoms with Crippen molar-refractivity contribution in [3.05, 3.63) is 36.5 Å². The molecule has 0 amide bonds. The first kappa shape index (κ1) is 51.2. The van der Waals surface area contributed by atoms with Gasteiger partial charge in [-0.15, -0.1) is 0 Å². The van der Waals surface area contributed by atoms with Crippen molar-refractivity contribution in [2.24, 2.45) is 0 Å². The molecular formula is C42H77O10P. The number of esters is 2. The Kier molecular flexibility index (Phi) is 37.2. The van der Waals surface area contributed by atoms with E-state index in [-0.39, 0.29) is 13.0 Å². The van der Waals surface area contributed by atoms with E-state index in [1.54, 1.807) is 12.2 Å². The van der Waals surface area contributed by atoms with Gasteiger partial charge < -0.3 is 24.6 Å².